The van der Waals surface area contributed by atoms with Gasteiger partial charge >= 0.3 is 0 Å². The lowest BCUT2D eigenvalue weighted by molar-refractivity contribution is -0.117. The Morgan fingerprint density at radius 1 is 1.10 bits per heavy atom. The van der Waals surface area contributed by atoms with Crippen molar-refractivity contribution in [2.45, 2.75) is 38.6 Å². The zero-order valence-electron chi connectivity index (χ0n) is 18.6. The molecule has 0 fully saturated rings. The quantitative estimate of drug-likeness (QED) is 0.415. The molecule has 1 amide bonds. The Morgan fingerprint density at radius 3 is 2.48 bits per heavy atom. The number of carbonyl (C=O) groups excluding carboxylic acids is 1. The summed E-state index contributed by atoms with van der Waals surface area (Å²) in [5.41, 5.74) is 16.4. The third-order valence-corrected chi connectivity index (χ3v) is 5.41. The predicted molar refractivity (Wildman–Crippen MR) is 126 cm³/mol. The molecule has 0 aliphatic carbocycles. The van der Waals surface area contributed by atoms with Crippen molar-refractivity contribution < 1.29 is 14.3 Å². The highest BCUT2D eigenvalue weighted by molar-refractivity contribution is 5.99. The number of anilines is 1. The first-order valence-corrected chi connectivity index (χ1v) is 10.5. The van der Waals surface area contributed by atoms with E-state index in [0.29, 0.717) is 24.5 Å². The first kappa shape index (κ1) is 22.7. The Labute approximate surface area is 183 Å². The van der Waals surface area contributed by atoms with Gasteiger partial charge in [0.1, 0.15) is 0 Å². The van der Waals surface area contributed by atoms with Gasteiger partial charge in [0.25, 0.3) is 0 Å². The lowest BCUT2D eigenvalue weighted by Crippen LogP contribution is -2.35. The summed E-state index contributed by atoms with van der Waals surface area (Å²) in [4.78, 5) is 16.0. The fourth-order valence-corrected chi connectivity index (χ4v) is 3.81. The standard InChI is InChI=1S/C24H32N4O3/c1-14(2)22-17-13-16(27-24(29)18(26)6-5-11-25)8-9-19(17)28-23(22)15-7-10-20(30-3)21(12-15)31-4/h7-10,12-14,18,28H,5-6,11,25-26H2,1-4H3,(H,27,29). The van der Waals surface area contributed by atoms with E-state index in [0.717, 1.165) is 34.3 Å². The van der Waals surface area contributed by atoms with Crippen LogP contribution in [-0.4, -0.2) is 37.7 Å². The second-order valence-corrected chi connectivity index (χ2v) is 7.93. The minimum absolute atomic E-state index is 0.199. The summed E-state index contributed by atoms with van der Waals surface area (Å²) >= 11 is 0. The second kappa shape index (κ2) is 9.85. The molecular formula is C24H32N4O3. The number of hydrogen-bond acceptors (Lipinski definition) is 5. The van der Waals surface area contributed by atoms with Crippen LogP contribution in [0.15, 0.2) is 36.4 Å². The van der Waals surface area contributed by atoms with Crippen molar-refractivity contribution in [1.82, 2.24) is 4.98 Å². The van der Waals surface area contributed by atoms with E-state index in [-0.39, 0.29) is 11.8 Å². The maximum absolute atomic E-state index is 12.4. The predicted octanol–water partition coefficient (Wildman–Crippen LogP) is 3.98. The monoisotopic (exact) mass is 424 g/mol. The molecule has 7 nitrogen and oxygen atoms in total. The van der Waals surface area contributed by atoms with Crippen molar-refractivity contribution in [3.63, 3.8) is 0 Å². The number of ether oxygens (including phenoxy) is 2. The summed E-state index contributed by atoms with van der Waals surface area (Å²) in [7, 11) is 3.25. The molecule has 31 heavy (non-hydrogen) atoms. The van der Waals surface area contributed by atoms with Crippen LogP contribution in [0.25, 0.3) is 22.2 Å². The van der Waals surface area contributed by atoms with Crippen molar-refractivity contribution in [3.05, 3.63) is 42.0 Å². The third kappa shape index (κ3) is 4.84. The highest BCUT2D eigenvalue weighted by Gasteiger charge is 2.19. The van der Waals surface area contributed by atoms with E-state index in [2.05, 4.69) is 24.1 Å². The molecule has 0 aliphatic heterocycles. The number of benzene rings is 2. The Kier molecular flexibility index (Phi) is 7.20. The highest BCUT2D eigenvalue weighted by atomic mass is 16.5. The van der Waals surface area contributed by atoms with Crippen LogP contribution in [0.3, 0.4) is 0 Å². The zero-order valence-corrected chi connectivity index (χ0v) is 18.6. The number of hydrogen-bond donors (Lipinski definition) is 4. The summed E-state index contributed by atoms with van der Waals surface area (Å²) < 4.78 is 10.8. The van der Waals surface area contributed by atoms with Crippen LogP contribution < -0.4 is 26.3 Å². The lowest BCUT2D eigenvalue weighted by atomic mass is 9.95. The Hall–Kier alpha value is -3.03. The van der Waals surface area contributed by atoms with Crippen molar-refractivity contribution in [2.24, 2.45) is 11.5 Å². The average molecular weight is 425 g/mol. The SMILES string of the molecule is COc1ccc(-c2[nH]c3ccc(NC(=O)C(N)CCCN)cc3c2C(C)C)cc1OC. The molecular weight excluding hydrogens is 392 g/mol. The van der Waals surface area contributed by atoms with Gasteiger partial charge in [-0.05, 0) is 67.3 Å². The van der Waals surface area contributed by atoms with Gasteiger partial charge in [-0.3, -0.25) is 4.79 Å². The average Bonchev–Trinajstić information content (AvgIpc) is 3.15. The third-order valence-electron chi connectivity index (χ3n) is 5.41. The topological polar surface area (TPSA) is 115 Å². The van der Waals surface area contributed by atoms with Gasteiger partial charge in [-0.2, -0.15) is 0 Å². The maximum atomic E-state index is 12.4. The van der Waals surface area contributed by atoms with Gasteiger partial charge in [0.15, 0.2) is 11.5 Å². The van der Waals surface area contributed by atoms with Gasteiger partial charge in [-0.15, -0.1) is 0 Å². The van der Waals surface area contributed by atoms with E-state index in [1.54, 1.807) is 14.2 Å². The van der Waals surface area contributed by atoms with Crippen molar-refractivity contribution >= 4 is 22.5 Å². The number of carbonyl (C=O) groups is 1. The lowest BCUT2D eigenvalue weighted by Gasteiger charge is -2.13. The molecule has 0 radical (unpaired) electrons. The summed E-state index contributed by atoms with van der Waals surface area (Å²) in [6.45, 7) is 4.83. The summed E-state index contributed by atoms with van der Waals surface area (Å²) in [5.74, 6) is 1.42. The molecule has 0 spiro atoms. The summed E-state index contributed by atoms with van der Waals surface area (Å²) in [6.07, 6.45) is 1.28. The molecule has 3 rings (SSSR count). The van der Waals surface area contributed by atoms with Gasteiger partial charge in [-0.1, -0.05) is 13.8 Å². The molecule has 0 saturated heterocycles. The summed E-state index contributed by atoms with van der Waals surface area (Å²) in [6, 6.07) is 11.2. The number of aromatic nitrogens is 1. The Balaban J connectivity index is 2.00. The number of nitrogens with two attached hydrogens (primary N) is 2. The van der Waals surface area contributed by atoms with Gasteiger partial charge in [0.05, 0.1) is 26.0 Å². The Morgan fingerprint density at radius 2 is 1.84 bits per heavy atom. The van der Waals surface area contributed by atoms with E-state index in [1.807, 2.05) is 36.4 Å². The van der Waals surface area contributed by atoms with Crippen molar-refractivity contribution in [3.8, 4) is 22.8 Å². The second-order valence-electron chi connectivity index (χ2n) is 7.93. The van der Waals surface area contributed by atoms with Crippen LogP contribution in [0.1, 0.15) is 38.2 Å². The molecule has 7 heteroatoms. The van der Waals surface area contributed by atoms with Crippen LogP contribution in [0.4, 0.5) is 5.69 Å². The normalized spacial score (nSPS) is 12.2. The largest absolute Gasteiger partial charge is 0.493 e. The van der Waals surface area contributed by atoms with Crippen LogP contribution in [0.2, 0.25) is 0 Å². The number of fused-ring (bicyclic) bond motifs is 1. The molecule has 1 atom stereocenters. The van der Waals surface area contributed by atoms with E-state index in [4.69, 9.17) is 20.9 Å². The molecule has 0 aliphatic rings. The number of rotatable bonds is 9. The molecule has 6 N–H and O–H groups in total. The van der Waals surface area contributed by atoms with Gasteiger partial charge in [0.2, 0.25) is 5.91 Å². The number of H-pyrrole nitrogens is 1. The molecule has 0 saturated carbocycles. The van der Waals surface area contributed by atoms with Crippen molar-refractivity contribution in [2.75, 3.05) is 26.1 Å². The number of amides is 1. The maximum Gasteiger partial charge on any atom is 0.241 e. The van der Waals surface area contributed by atoms with Crippen LogP contribution in [0.5, 0.6) is 11.5 Å². The van der Waals surface area contributed by atoms with Crippen LogP contribution in [-0.2, 0) is 4.79 Å². The first-order chi connectivity index (χ1) is 14.9. The molecule has 166 valence electrons. The van der Waals surface area contributed by atoms with Crippen LogP contribution in [0, 0.1) is 0 Å². The zero-order chi connectivity index (χ0) is 22.5. The molecule has 1 unspecified atom stereocenters. The molecule has 1 aromatic heterocycles. The van der Waals surface area contributed by atoms with E-state index < -0.39 is 6.04 Å². The Bertz CT molecular complexity index is 1060. The van der Waals surface area contributed by atoms with Crippen LogP contribution >= 0.6 is 0 Å². The number of nitrogens with one attached hydrogen (secondary N) is 2. The fourth-order valence-electron chi connectivity index (χ4n) is 3.81. The van der Waals surface area contributed by atoms with Gasteiger partial charge in [-0.25, -0.2) is 0 Å². The summed E-state index contributed by atoms with van der Waals surface area (Å²) in [5, 5.41) is 4.00. The minimum atomic E-state index is -0.572. The minimum Gasteiger partial charge on any atom is -0.493 e. The van der Waals surface area contributed by atoms with E-state index >= 15 is 0 Å². The molecule has 0 bridgehead atoms. The van der Waals surface area contributed by atoms with E-state index in [9.17, 15) is 4.79 Å². The smallest absolute Gasteiger partial charge is 0.241 e. The number of aromatic amines is 1. The molecule has 2 aromatic carbocycles. The van der Waals surface area contributed by atoms with Gasteiger partial charge < -0.3 is 31.2 Å². The van der Waals surface area contributed by atoms with Gasteiger partial charge in [0, 0.05) is 22.2 Å². The molecule has 3 aromatic rings. The molecule has 1 heterocycles. The van der Waals surface area contributed by atoms with E-state index in [1.165, 1.54) is 5.56 Å². The van der Waals surface area contributed by atoms with Crippen molar-refractivity contribution in [1.29, 1.82) is 0 Å². The first-order valence-electron chi connectivity index (χ1n) is 10.5. The highest BCUT2D eigenvalue weighted by Crippen LogP contribution is 2.39. The fraction of sp³-hybridized carbons (Fsp3) is 0.375. The number of methoxy groups -OCH3 is 2.